The average molecular weight is 172 g/mol. The minimum Gasteiger partial charge on any atom is -0.359 e. The highest BCUT2D eigenvalue weighted by Crippen LogP contribution is 1.87. The zero-order chi connectivity index (χ0) is 8.69. The Bertz CT molecular complexity index is 130. The monoisotopic (exact) mass is 172 g/mol. The van der Waals surface area contributed by atoms with Gasteiger partial charge in [-0.1, -0.05) is 6.08 Å². The van der Waals surface area contributed by atoms with Crippen LogP contribution < -0.4 is 5.32 Å². The van der Waals surface area contributed by atoms with Gasteiger partial charge in [0, 0.05) is 19.6 Å². The smallest absolute Gasteiger partial charge is 0.169 e. The quantitative estimate of drug-likeness (QED) is 0.509. The molecule has 0 aliphatic rings. The van der Waals surface area contributed by atoms with Crippen molar-refractivity contribution < 1.29 is 0 Å². The number of thiocarbonyl (C=S) groups is 1. The molecule has 0 aromatic rings. The molecule has 64 valence electrons. The summed E-state index contributed by atoms with van der Waals surface area (Å²) >= 11 is 5.11. The summed E-state index contributed by atoms with van der Waals surface area (Å²) in [6, 6.07) is 0. The molecule has 0 atom stereocenters. The first kappa shape index (κ1) is 10.4. The van der Waals surface area contributed by atoms with Gasteiger partial charge in [0.15, 0.2) is 5.11 Å². The Kier molecular flexibility index (Phi) is 5.84. The summed E-state index contributed by atoms with van der Waals surface area (Å²) in [5.41, 5.74) is 0. The molecule has 0 unspecified atom stereocenters. The molecule has 0 radical (unpaired) electrons. The maximum absolute atomic E-state index is 5.11. The van der Waals surface area contributed by atoms with Gasteiger partial charge in [-0.05, 0) is 26.1 Å². The average Bonchev–Trinajstić information content (AvgIpc) is 2.03. The Hall–Kier alpha value is -0.570. The van der Waals surface area contributed by atoms with Crippen LogP contribution in [0.4, 0.5) is 0 Å². The SMILES string of the molecule is C=CCNC(=S)N(CC)CC. The fraction of sp³-hybridized carbons (Fsp3) is 0.625. The zero-order valence-electron chi connectivity index (χ0n) is 7.26. The van der Waals surface area contributed by atoms with Crippen molar-refractivity contribution >= 4 is 17.3 Å². The van der Waals surface area contributed by atoms with Crippen molar-refractivity contribution in [2.24, 2.45) is 0 Å². The standard InChI is InChI=1S/C8H16N2S/c1-4-7-9-8(11)10(5-2)6-3/h4H,1,5-7H2,2-3H3,(H,9,11). The summed E-state index contributed by atoms with van der Waals surface area (Å²) in [5.74, 6) is 0. The highest BCUT2D eigenvalue weighted by atomic mass is 32.1. The normalized spacial score (nSPS) is 8.91. The third-order valence-corrected chi connectivity index (χ3v) is 1.85. The first-order chi connectivity index (χ1) is 5.26. The molecule has 0 saturated carbocycles. The maximum Gasteiger partial charge on any atom is 0.169 e. The topological polar surface area (TPSA) is 15.3 Å². The van der Waals surface area contributed by atoms with Crippen molar-refractivity contribution in [3.63, 3.8) is 0 Å². The Balaban J connectivity index is 3.69. The largest absolute Gasteiger partial charge is 0.359 e. The van der Waals surface area contributed by atoms with E-state index in [1.165, 1.54) is 0 Å². The van der Waals surface area contributed by atoms with Gasteiger partial charge in [0.25, 0.3) is 0 Å². The van der Waals surface area contributed by atoms with Gasteiger partial charge in [0.1, 0.15) is 0 Å². The van der Waals surface area contributed by atoms with Crippen LogP contribution in [0.2, 0.25) is 0 Å². The summed E-state index contributed by atoms with van der Waals surface area (Å²) in [5, 5.41) is 3.89. The Morgan fingerprint density at radius 2 is 2.09 bits per heavy atom. The fourth-order valence-corrected chi connectivity index (χ4v) is 1.12. The summed E-state index contributed by atoms with van der Waals surface area (Å²) in [4.78, 5) is 2.10. The van der Waals surface area contributed by atoms with Gasteiger partial charge in [-0.3, -0.25) is 0 Å². The second kappa shape index (κ2) is 6.16. The minimum absolute atomic E-state index is 0.745. The Labute approximate surface area is 74.3 Å². The molecule has 3 heteroatoms. The van der Waals surface area contributed by atoms with Crippen LogP contribution in [0.1, 0.15) is 13.8 Å². The lowest BCUT2D eigenvalue weighted by atomic mass is 10.5. The predicted molar refractivity (Wildman–Crippen MR) is 53.7 cm³/mol. The van der Waals surface area contributed by atoms with Crippen LogP contribution in [0.15, 0.2) is 12.7 Å². The Morgan fingerprint density at radius 1 is 1.55 bits per heavy atom. The zero-order valence-corrected chi connectivity index (χ0v) is 8.08. The molecule has 2 nitrogen and oxygen atoms in total. The highest BCUT2D eigenvalue weighted by Gasteiger charge is 2.01. The fourth-order valence-electron chi connectivity index (χ4n) is 0.782. The van der Waals surface area contributed by atoms with E-state index in [1.54, 1.807) is 6.08 Å². The second-order valence-electron chi connectivity index (χ2n) is 2.15. The third kappa shape index (κ3) is 3.98. The summed E-state index contributed by atoms with van der Waals surface area (Å²) in [6.07, 6.45) is 1.80. The van der Waals surface area contributed by atoms with E-state index in [-0.39, 0.29) is 0 Å². The van der Waals surface area contributed by atoms with E-state index >= 15 is 0 Å². The third-order valence-electron chi connectivity index (χ3n) is 1.45. The van der Waals surface area contributed by atoms with E-state index < -0.39 is 0 Å². The van der Waals surface area contributed by atoms with E-state index in [0.29, 0.717) is 0 Å². The molecular formula is C8H16N2S. The van der Waals surface area contributed by atoms with Crippen molar-refractivity contribution in [2.75, 3.05) is 19.6 Å². The van der Waals surface area contributed by atoms with Crippen molar-refractivity contribution in [2.45, 2.75) is 13.8 Å². The molecule has 0 bridgehead atoms. The van der Waals surface area contributed by atoms with Crippen LogP contribution in [0.5, 0.6) is 0 Å². The summed E-state index contributed by atoms with van der Waals surface area (Å²) in [7, 11) is 0. The number of hydrogen-bond donors (Lipinski definition) is 1. The number of nitrogens with one attached hydrogen (secondary N) is 1. The van der Waals surface area contributed by atoms with Gasteiger partial charge in [-0.25, -0.2) is 0 Å². The molecule has 11 heavy (non-hydrogen) atoms. The first-order valence-corrected chi connectivity index (χ1v) is 4.30. The van der Waals surface area contributed by atoms with Gasteiger partial charge in [0.2, 0.25) is 0 Å². The predicted octanol–water partition coefficient (Wildman–Crippen LogP) is 1.39. The first-order valence-electron chi connectivity index (χ1n) is 3.89. The van der Waals surface area contributed by atoms with Crippen molar-refractivity contribution in [3.8, 4) is 0 Å². The molecule has 0 aliphatic carbocycles. The molecular weight excluding hydrogens is 156 g/mol. The molecule has 0 aliphatic heterocycles. The van der Waals surface area contributed by atoms with Crippen LogP contribution in [0.25, 0.3) is 0 Å². The highest BCUT2D eigenvalue weighted by molar-refractivity contribution is 7.80. The lowest BCUT2D eigenvalue weighted by Crippen LogP contribution is -2.39. The van der Waals surface area contributed by atoms with E-state index in [4.69, 9.17) is 12.2 Å². The van der Waals surface area contributed by atoms with Gasteiger partial charge < -0.3 is 10.2 Å². The van der Waals surface area contributed by atoms with Gasteiger partial charge in [-0.15, -0.1) is 6.58 Å². The lowest BCUT2D eigenvalue weighted by Gasteiger charge is -2.21. The number of nitrogens with zero attached hydrogens (tertiary/aromatic N) is 1. The van der Waals surface area contributed by atoms with E-state index in [9.17, 15) is 0 Å². The van der Waals surface area contributed by atoms with E-state index in [2.05, 4.69) is 30.6 Å². The molecule has 0 spiro atoms. The molecule has 0 saturated heterocycles. The van der Waals surface area contributed by atoms with Crippen molar-refractivity contribution in [1.82, 2.24) is 10.2 Å². The molecule has 1 N–H and O–H groups in total. The van der Waals surface area contributed by atoms with Crippen LogP contribution in [0, 0.1) is 0 Å². The Morgan fingerprint density at radius 3 is 2.45 bits per heavy atom. The van der Waals surface area contributed by atoms with Crippen LogP contribution in [-0.2, 0) is 0 Å². The van der Waals surface area contributed by atoms with Crippen LogP contribution >= 0.6 is 12.2 Å². The van der Waals surface area contributed by atoms with E-state index in [1.807, 2.05) is 0 Å². The number of rotatable bonds is 4. The van der Waals surface area contributed by atoms with Crippen LogP contribution in [0.3, 0.4) is 0 Å². The van der Waals surface area contributed by atoms with Gasteiger partial charge in [0.05, 0.1) is 0 Å². The lowest BCUT2D eigenvalue weighted by molar-refractivity contribution is 0.459. The number of hydrogen-bond acceptors (Lipinski definition) is 1. The van der Waals surface area contributed by atoms with Crippen molar-refractivity contribution in [3.05, 3.63) is 12.7 Å². The maximum atomic E-state index is 5.11. The summed E-state index contributed by atoms with van der Waals surface area (Å²) in [6.45, 7) is 10.4. The molecule has 0 aromatic heterocycles. The second-order valence-corrected chi connectivity index (χ2v) is 2.53. The van der Waals surface area contributed by atoms with Crippen LogP contribution in [-0.4, -0.2) is 29.6 Å². The van der Waals surface area contributed by atoms with Gasteiger partial charge in [-0.2, -0.15) is 0 Å². The minimum atomic E-state index is 0.745. The molecule has 0 fully saturated rings. The van der Waals surface area contributed by atoms with E-state index in [0.717, 1.165) is 24.7 Å². The molecule has 0 heterocycles. The summed E-state index contributed by atoms with van der Waals surface area (Å²) < 4.78 is 0. The molecule has 0 aromatic carbocycles. The van der Waals surface area contributed by atoms with Gasteiger partial charge >= 0.3 is 0 Å². The van der Waals surface area contributed by atoms with Crippen molar-refractivity contribution in [1.29, 1.82) is 0 Å². The molecule has 0 rings (SSSR count). The molecule has 0 amide bonds.